The molecule has 0 aliphatic carbocycles. The third-order valence-electron chi connectivity index (χ3n) is 9.28. The zero-order valence-corrected chi connectivity index (χ0v) is 30.1. The van der Waals surface area contributed by atoms with Gasteiger partial charge in [0.1, 0.15) is 0 Å². The van der Waals surface area contributed by atoms with Crippen LogP contribution in [-0.2, 0) is 9.59 Å². The Bertz CT molecular complexity index is 2150. The maximum absolute atomic E-state index is 14.8. The van der Waals surface area contributed by atoms with E-state index in [1.54, 1.807) is 11.3 Å². The highest BCUT2D eigenvalue weighted by Gasteiger charge is 2.42. The van der Waals surface area contributed by atoms with E-state index in [1.165, 1.54) is 9.78 Å². The van der Waals surface area contributed by atoms with Gasteiger partial charge in [0.15, 0.2) is 0 Å². The third kappa shape index (κ3) is 6.73. The molecule has 2 heterocycles. The molecule has 0 N–H and O–H groups in total. The standard InChI is InChI=1S/C46H40N2O2S/c1-31(2)40-18-11-19-41(32(3)4)44(40)48-45(49)42(34-23-20-33(21-24-34)22-29-39-17-12-30-51-39)43(46(48)50)35-25-27-38(28-26-35)47(36-13-7-5-8-14-36)37-15-9-6-10-16-37/h5-32H,1-4H3. The fraction of sp³-hybridized carbons (Fsp3) is 0.130. The molecule has 0 saturated carbocycles. The number of anilines is 4. The van der Waals surface area contributed by atoms with Crippen LogP contribution in [0.3, 0.4) is 0 Å². The number of benzene rings is 5. The van der Waals surface area contributed by atoms with Crippen molar-refractivity contribution < 1.29 is 9.59 Å². The molecule has 0 unspecified atom stereocenters. The highest BCUT2D eigenvalue weighted by Crippen LogP contribution is 2.44. The number of hydrogen-bond acceptors (Lipinski definition) is 4. The normalized spacial score (nSPS) is 13.3. The Morgan fingerprint density at radius 2 is 1.02 bits per heavy atom. The van der Waals surface area contributed by atoms with Gasteiger partial charge in [-0.25, -0.2) is 4.90 Å². The summed E-state index contributed by atoms with van der Waals surface area (Å²) in [6.45, 7) is 8.43. The molecule has 0 atom stereocenters. The van der Waals surface area contributed by atoms with Crippen LogP contribution >= 0.6 is 11.3 Å². The molecule has 51 heavy (non-hydrogen) atoms. The fourth-order valence-electron chi connectivity index (χ4n) is 6.74. The third-order valence-corrected chi connectivity index (χ3v) is 10.1. The van der Waals surface area contributed by atoms with Crippen molar-refractivity contribution in [1.29, 1.82) is 0 Å². The molecular weight excluding hydrogens is 645 g/mol. The van der Waals surface area contributed by atoms with Crippen LogP contribution in [0.25, 0.3) is 23.3 Å². The van der Waals surface area contributed by atoms with Crippen molar-refractivity contribution in [2.75, 3.05) is 9.80 Å². The molecule has 0 radical (unpaired) electrons. The van der Waals surface area contributed by atoms with E-state index in [9.17, 15) is 9.59 Å². The molecule has 7 rings (SSSR count). The van der Waals surface area contributed by atoms with E-state index in [2.05, 4.69) is 80.5 Å². The second kappa shape index (κ2) is 14.6. The molecule has 6 aromatic rings. The number of hydrogen-bond donors (Lipinski definition) is 0. The van der Waals surface area contributed by atoms with Crippen molar-refractivity contribution in [3.8, 4) is 0 Å². The molecular formula is C46H40N2O2S. The number of carbonyl (C=O) groups is 2. The lowest BCUT2D eigenvalue weighted by Crippen LogP contribution is -2.33. The van der Waals surface area contributed by atoms with E-state index in [4.69, 9.17) is 0 Å². The van der Waals surface area contributed by atoms with Crippen molar-refractivity contribution >= 4 is 69.2 Å². The maximum Gasteiger partial charge on any atom is 0.266 e. The van der Waals surface area contributed by atoms with Gasteiger partial charge in [0.25, 0.3) is 11.8 Å². The summed E-state index contributed by atoms with van der Waals surface area (Å²) >= 11 is 1.68. The van der Waals surface area contributed by atoms with Crippen LogP contribution in [0, 0.1) is 0 Å². The first-order chi connectivity index (χ1) is 24.8. The number of para-hydroxylation sites is 3. The minimum Gasteiger partial charge on any atom is -0.311 e. The van der Waals surface area contributed by atoms with E-state index in [0.29, 0.717) is 28.0 Å². The zero-order chi connectivity index (χ0) is 35.5. The molecule has 2 amide bonds. The number of rotatable bonds is 10. The van der Waals surface area contributed by atoms with Crippen molar-refractivity contribution in [2.24, 2.45) is 0 Å². The average molecular weight is 685 g/mol. The lowest BCUT2D eigenvalue weighted by Gasteiger charge is -2.26. The molecule has 1 aliphatic rings. The Labute approximate surface area is 304 Å². The molecule has 0 bridgehead atoms. The second-order valence-corrected chi connectivity index (χ2v) is 14.3. The topological polar surface area (TPSA) is 40.6 Å². The van der Waals surface area contributed by atoms with Gasteiger partial charge < -0.3 is 4.90 Å². The smallest absolute Gasteiger partial charge is 0.266 e. The number of thiophene rings is 1. The molecule has 0 spiro atoms. The van der Waals surface area contributed by atoms with Gasteiger partial charge >= 0.3 is 0 Å². The van der Waals surface area contributed by atoms with Crippen LogP contribution in [-0.4, -0.2) is 11.8 Å². The molecule has 5 heteroatoms. The summed E-state index contributed by atoms with van der Waals surface area (Å²) in [4.78, 5) is 34.4. The monoisotopic (exact) mass is 684 g/mol. The summed E-state index contributed by atoms with van der Waals surface area (Å²) in [6, 6.07) is 46.6. The number of amides is 2. The molecule has 0 fully saturated rings. The SMILES string of the molecule is CC(C)c1cccc(C(C)C)c1N1C(=O)C(c2ccc(C=Cc3cccs3)cc2)=C(c2ccc(N(c3ccccc3)c3ccccc3)cc2)C1=O. The lowest BCUT2D eigenvalue weighted by molar-refractivity contribution is -0.119. The van der Waals surface area contributed by atoms with E-state index >= 15 is 0 Å². The van der Waals surface area contributed by atoms with Crippen LogP contribution in [0.1, 0.15) is 72.2 Å². The van der Waals surface area contributed by atoms with Crippen LogP contribution in [0.15, 0.2) is 145 Å². The van der Waals surface area contributed by atoms with Gasteiger partial charge in [-0.1, -0.05) is 131 Å². The Hall–Kier alpha value is -5.78. The van der Waals surface area contributed by atoms with Crippen LogP contribution in [0.5, 0.6) is 0 Å². The van der Waals surface area contributed by atoms with E-state index in [1.807, 2.05) is 109 Å². The van der Waals surface area contributed by atoms with Crippen molar-refractivity contribution in [1.82, 2.24) is 0 Å². The van der Waals surface area contributed by atoms with Crippen LogP contribution in [0.2, 0.25) is 0 Å². The van der Waals surface area contributed by atoms with Crippen LogP contribution < -0.4 is 9.80 Å². The van der Waals surface area contributed by atoms with E-state index < -0.39 is 0 Å². The summed E-state index contributed by atoms with van der Waals surface area (Å²) in [5, 5.41) is 2.06. The Morgan fingerprint density at radius 3 is 1.49 bits per heavy atom. The number of carbonyl (C=O) groups excluding carboxylic acids is 2. The van der Waals surface area contributed by atoms with Gasteiger partial charge in [0, 0.05) is 21.9 Å². The largest absolute Gasteiger partial charge is 0.311 e. The van der Waals surface area contributed by atoms with Gasteiger partial charge in [-0.3, -0.25) is 9.59 Å². The summed E-state index contributed by atoms with van der Waals surface area (Å²) in [5.74, 6) is -0.376. The average Bonchev–Trinajstić information content (AvgIpc) is 3.77. The number of imide groups is 1. The summed E-state index contributed by atoms with van der Waals surface area (Å²) < 4.78 is 0. The highest BCUT2D eigenvalue weighted by molar-refractivity contribution is 7.10. The Kier molecular flexibility index (Phi) is 9.65. The van der Waals surface area contributed by atoms with Gasteiger partial charge in [0.05, 0.1) is 16.8 Å². The van der Waals surface area contributed by atoms with Crippen molar-refractivity contribution in [2.45, 2.75) is 39.5 Å². The maximum atomic E-state index is 14.8. The zero-order valence-electron chi connectivity index (χ0n) is 29.3. The highest BCUT2D eigenvalue weighted by atomic mass is 32.1. The van der Waals surface area contributed by atoms with Gasteiger partial charge in [-0.2, -0.15) is 0 Å². The molecule has 4 nitrogen and oxygen atoms in total. The van der Waals surface area contributed by atoms with Crippen molar-refractivity contribution in [3.05, 3.63) is 178 Å². The first kappa shape index (κ1) is 33.7. The first-order valence-electron chi connectivity index (χ1n) is 17.4. The summed E-state index contributed by atoms with van der Waals surface area (Å²) in [6.07, 6.45) is 4.15. The van der Waals surface area contributed by atoms with E-state index in [-0.39, 0.29) is 23.7 Å². The minimum atomic E-state index is -0.303. The molecule has 1 aromatic heterocycles. The number of nitrogens with zero attached hydrogens (tertiary/aromatic N) is 2. The molecule has 0 saturated heterocycles. The van der Waals surface area contributed by atoms with E-state index in [0.717, 1.165) is 33.8 Å². The lowest BCUT2D eigenvalue weighted by atomic mass is 9.91. The van der Waals surface area contributed by atoms with Gasteiger partial charge in [-0.05, 0) is 93.6 Å². The van der Waals surface area contributed by atoms with Crippen LogP contribution in [0.4, 0.5) is 22.7 Å². The molecule has 5 aromatic carbocycles. The van der Waals surface area contributed by atoms with Gasteiger partial charge in [-0.15, -0.1) is 11.3 Å². The molecule has 252 valence electrons. The quantitative estimate of drug-likeness (QED) is 0.135. The van der Waals surface area contributed by atoms with Crippen molar-refractivity contribution in [3.63, 3.8) is 0 Å². The summed E-state index contributed by atoms with van der Waals surface area (Å²) in [5.41, 5.74) is 8.91. The predicted octanol–water partition coefficient (Wildman–Crippen LogP) is 12.1. The first-order valence-corrected chi connectivity index (χ1v) is 18.3. The predicted molar refractivity (Wildman–Crippen MR) is 215 cm³/mol. The molecule has 1 aliphatic heterocycles. The fourth-order valence-corrected chi connectivity index (χ4v) is 7.36. The second-order valence-electron chi connectivity index (χ2n) is 13.3. The van der Waals surface area contributed by atoms with Gasteiger partial charge in [0.2, 0.25) is 0 Å². The Morgan fingerprint density at radius 1 is 0.529 bits per heavy atom. The minimum absolute atomic E-state index is 0.113. The summed E-state index contributed by atoms with van der Waals surface area (Å²) in [7, 11) is 0. The Balaban J connectivity index is 1.35.